The number of amides is 1. The third-order valence-corrected chi connectivity index (χ3v) is 5.12. The van der Waals surface area contributed by atoms with E-state index in [1.165, 1.54) is 0 Å². The number of carbonyl (C=O) groups excluding carboxylic acids is 1. The second kappa shape index (κ2) is 7.32. The molecular formula is C20H25N3O3. The minimum atomic E-state index is -1.13. The van der Waals surface area contributed by atoms with E-state index in [9.17, 15) is 14.7 Å². The topological polar surface area (TPSA) is 84.2 Å². The van der Waals surface area contributed by atoms with Gasteiger partial charge >= 0.3 is 5.97 Å². The summed E-state index contributed by atoms with van der Waals surface area (Å²) in [6, 6.07) is 9.29. The van der Waals surface area contributed by atoms with Crippen molar-refractivity contribution >= 4 is 11.9 Å². The molecule has 0 radical (unpaired) electrons. The number of carboxylic acids is 1. The fourth-order valence-electron chi connectivity index (χ4n) is 3.61. The molecule has 26 heavy (non-hydrogen) atoms. The molecule has 0 bridgehead atoms. The van der Waals surface area contributed by atoms with Crippen LogP contribution in [0.3, 0.4) is 0 Å². The van der Waals surface area contributed by atoms with Crippen LogP contribution in [-0.4, -0.2) is 32.3 Å². The van der Waals surface area contributed by atoms with Crippen molar-refractivity contribution in [1.82, 2.24) is 15.1 Å². The van der Waals surface area contributed by atoms with Gasteiger partial charge in [-0.3, -0.25) is 9.48 Å². The van der Waals surface area contributed by atoms with Gasteiger partial charge in [0.2, 0.25) is 0 Å². The molecule has 0 unspecified atom stereocenters. The van der Waals surface area contributed by atoms with E-state index < -0.39 is 11.5 Å². The summed E-state index contributed by atoms with van der Waals surface area (Å²) >= 11 is 0. The van der Waals surface area contributed by atoms with Crippen LogP contribution in [0.5, 0.6) is 0 Å². The van der Waals surface area contributed by atoms with Crippen molar-refractivity contribution in [2.45, 2.75) is 58.0 Å². The van der Waals surface area contributed by atoms with Gasteiger partial charge in [0, 0.05) is 11.3 Å². The molecule has 1 aromatic carbocycles. The van der Waals surface area contributed by atoms with Crippen LogP contribution in [0.2, 0.25) is 0 Å². The zero-order valence-corrected chi connectivity index (χ0v) is 15.3. The maximum atomic E-state index is 12.6. The number of hydrogen-bond acceptors (Lipinski definition) is 3. The minimum Gasteiger partial charge on any atom is -0.480 e. The molecule has 1 aliphatic rings. The molecule has 0 aliphatic heterocycles. The van der Waals surface area contributed by atoms with Crippen molar-refractivity contribution in [3.05, 3.63) is 52.8 Å². The molecule has 2 N–H and O–H groups in total. The number of hydrogen-bond donors (Lipinski definition) is 2. The molecule has 0 atom stereocenters. The number of aromatic nitrogens is 2. The van der Waals surface area contributed by atoms with E-state index in [2.05, 4.69) is 10.4 Å². The van der Waals surface area contributed by atoms with Crippen LogP contribution >= 0.6 is 0 Å². The van der Waals surface area contributed by atoms with Crippen LogP contribution in [0.4, 0.5) is 0 Å². The first kappa shape index (κ1) is 18.2. The Hall–Kier alpha value is -2.63. The van der Waals surface area contributed by atoms with Gasteiger partial charge in [0.25, 0.3) is 5.91 Å². The van der Waals surface area contributed by atoms with E-state index in [-0.39, 0.29) is 5.91 Å². The van der Waals surface area contributed by atoms with Gasteiger partial charge in [-0.05, 0) is 50.5 Å². The van der Waals surface area contributed by atoms with Gasteiger partial charge in [0.1, 0.15) is 5.54 Å². The number of nitrogens with one attached hydrogen (secondary N) is 1. The van der Waals surface area contributed by atoms with Crippen molar-refractivity contribution in [3.8, 4) is 0 Å². The van der Waals surface area contributed by atoms with Crippen LogP contribution in [0.1, 0.15) is 59.4 Å². The van der Waals surface area contributed by atoms with Crippen molar-refractivity contribution in [2.24, 2.45) is 0 Å². The summed E-state index contributed by atoms with van der Waals surface area (Å²) in [6.45, 7) is 4.61. The third-order valence-electron chi connectivity index (χ3n) is 5.12. The van der Waals surface area contributed by atoms with Gasteiger partial charge in [-0.1, -0.05) is 31.4 Å². The molecule has 6 nitrogen and oxygen atoms in total. The van der Waals surface area contributed by atoms with Crippen LogP contribution in [-0.2, 0) is 11.3 Å². The number of nitrogens with zero attached hydrogens (tertiary/aromatic N) is 2. The third kappa shape index (κ3) is 3.79. The Labute approximate surface area is 153 Å². The normalized spacial score (nSPS) is 16.2. The summed E-state index contributed by atoms with van der Waals surface area (Å²) in [5.41, 5.74) is 2.46. The van der Waals surface area contributed by atoms with E-state index >= 15 is 0 Å². The average Bonchev–Trinajstić information content (AvgIpc) is 2.93. The van der Waals surface area contributed by atoms with Gasteiger partial charge in [0.05, 0.1) is 12.2 Å². The van der Waals surface area contributed by atoms with Crippen LogP contribution in [0.25, 0.3) is 0 Å². The number of aryl methyl sites for hydroxylation is 2. The molecule has 138 valence electrons. The first-order chi connectivity index (χ1) is 12.4. The Balaban J connectivity index is 1.70. The van der Waals surface area contributed by atoms with E-state index in [1.54, 1.807) is 12.1 Å². The molecular weight excluding hydrogens is 330 g/mol. The lowest BCUT2D eigenvalue weighted by atomic mass is 9.81. The Morgan fingerprint density at radius 1 is 1.15 bits per heavy atom. The molecule has 1 fully saturated rings. The molecule has 0 spiro atoms. The van der Waals surface area contributed by atoms with Crippen LogP contribution < -0.4 is 5.32 Å². The molecule has 1 aromatic heterocycles. The van der Waals surface area contributed by atoms with E-state index in [0.29, 0.717) is 24.9 Å². The van der Waals surface area contributed by atoms with Crippen molar-refractivity contribution in [3.63, 3.8) is 0 Å². The molecule has 1 saturated carbocycles. The quantitative estimate of drug-likeness (QED) is 0.863. The molecule has 6 heteroatoms. The van der Waals surface area contributed by atoms with E-state index in [0.717, 1.165) is 36.2 Å². The van der Waals surface area contributed by atoms with Crippen molar-refractivity contribution in [1.29, 1.82) is 0 Å². The highest BCUT2D eigenvalue weighted by Crippen LogP contribution is 2.29. The standard InChI is InChI=1S/C20H25N3O3/c1-14-12-15(2)23(22-14)13-16-6-8-17(9-7-16)18(24)21-20(19(25)26)10-4-3-5-11-20/h6-9,12H,3-5,10-11,13H2,1-2H3,(H,21,24)(H,25,26). The Kier molecular flexibility index (Phi) is 5.11. The number of rotatable bonds is 5. The number of carbonyl (C=O) groups is 2. The fourth-order valence-corrected chi connectivity index (χ4v) is 3.61. The highest BCUT2D eigenvalue weighted by molar-refractivity contribution is 5.97. The first-order valence-corrected chi connectivity index (χ1v) is 9.05. The molecule has 2 aromatic rings. The fraction of sp³-hybridized carbons (Fsp3) is 0.450. The smallest absolute Gasteiger partial charge is 0.329 e. The molecule has 1 amide bonds. The van der Waals surface area contributed by atoms with Gasteiger partial charge < -0.3 is 10.4 Å². The zero-order valence-electron chi connectivity index (χ0n) is 15.3. The van der Waals surface area contributed by atoms with Crippen molar-refractivity contribution in [2.75, 3.05) is 0 Å². The van der Waals surface area contributed by atoms with Gasteiger partial charge in [-0.15, -0.1) is 0 Å². The highest BCUT2D eigenvalue weighted by atomic mass is 16.4. The molecule has 0 saturated heterocycles. The predicted molar refractivity (Wildman–Crippen MR) is 98.2 cm³/mol. The highest BCUT2D eigenvalue weighted by Gasteiger charge is 2.41. The summed E-state index contributed by atoms with van der Waals surface area (Å²) in [5, 5.41) is 16.8. The monoisotopic (exact) mass is 355 g/mol. The first-order valence-electron chi connectivity index (χ1n) is 9.05. The Bertz CT molecular complexity index is 802. The largest absolute Gasteiger partial charge is 0.480 e. The summed E-state index contributed by atoms with van der Waals surface area (Å²) in [6.07, 6.45) is 3.66. The minimum absolute atomic E-state index is 0.327. The van der Waals surface area contributed by atoms with Crippen molar-refractivity contribution < 1.29 is 14.7 Å². The van der Waals surface area contributed by atoms with Crippen LogP contribution in [0, 0.1) is 13.8 Å². The summed E-state index contributed by atoms with van der Waals surface area (Å²) in [5.74, 6) is -1.27. The SMILES string of the molecule is Cc1cc(C)n(Cc2ccc(C(=O)NC3(C(=O)O)CCCCC3)cc2)n1. The van der Waals surface area contributed by atoms with Crippen LogP contribution in [0.15, 0.2) is 30.3 Å². The zero-order chi connectivity index (χ0) is 18.7. The lowest BCUT2D eigenvalue weighted by Gasteiger charge is -2.34. The summed E-state index contributed by atoms with van der Waals surface area (Å²) < 4.78 is 1.92. The predicted octanol–water partition coefficient (Wildman–Crippen LogP) is 3.07. The Morgan fingerprint density at radius 2 is 1.81 bits per heavy atom. The number of benzene rings is 1. The Morgan fingerprint density at radius 3 is 2.35 bits per heavy atom. The lowest BCUT2D eigenvalue weighted by Crippen LogP contribution is -2.55. The van der Waals surface area contributed by atoms with E-state index in [1.807, 2.05) is 36.7 Å². The van der Waals surface area contributed by atoms with Gasteiger partial charge in [0.15, 0.2) is 0 Å². The number of aliphatic carboxylic acids is 1. The van der Waals surface area contributed by atoms with Gasteiger partial charge in [-0.2, -0.15) is 5.10 Å². The maximum absolute atomic E-state index is 12.6. The molecule has 1 aliphatic carbocycles. The summed E-state index contributed by atoms with van der Waals surface area (Å²) in [4.78, 5) is 24.3. The molecule has 3 rings (SSSR count). The number of carboxylic acid groups (broad SMARTS) is 1. The summed E-state index contributed by atoms with van der Waals surface area (Å²) in [7, 11) is 0. The van der Waals surface area contributed by atoms with E-state index in [4.69, 9.17) is 0 Å². The lowest BCUT2D eigenvalue weighted by molar-refractivity contribution is -0.145. The second-order valence-corrected chi connectivity index (χ2v) is 7.18. The molecule has 1 heterocycles. The van der Waals surface area contributed by atoms with Gasteiger partial charge in [-0.25, -0.2) is 4.79 Å². The average molecular weight is 355 g/mol. The maximum Gasteiger partial charge on any atom is 0.329 e. The second-order valence-electron chi connectivity index (χ2n) is 7.18.